The fraction of sp³-hybridized carbons (Fsp3) is 0.429. The van der Waals surface area contributed by atoms with Crippen LogP contribution in [0.25, 0.3) is 0 Å². The lowest BCUT2D eigenvalue weighted by Crippen LogP contribution is -2.42. The van der Waals surface area contributed by atoms with E-state index in [2.05, 4.69) is 15.9 Å². The van der Waals surface area contributed by atoms with Crippen LogP contribution >= 0.6 is 15.9 Å². The van der Waals surface area contributed by atoms with Gasteiger partial charge in [-0.15, -0.1) is 0 Å². The number of nitrogens with zero attached hydrogens (tertiary/aromatic N) is 1. The Hall–Kier alpha value is -1.61. The zero-order valence-corrected chi connectivity index (χ0v) is 18.7. The molecule has 0 spiro atoms. The third-order valence-corrected chi connectivity index (χ3v) is 7.19. The normalized spacial score (nSPS) is 19.2. The molecule has 6 nitrogen and oxygen atoms in total. The summed E-state index contributed by atoms with van der Waals surface area (Å²) < 4.78 is 35.9. The highest BCUT2D eigenvalue weighted by molar-refractivity contribution is 9.10. The summed E-state index contributed by atoms with van der Waals surface area (Å²) in [6.45, 7) is 0.974. The molecule has 158 valence electrons. The van der Waals surface area contributed by atoms with Gasteiger partial charge in [-0.3, -0.25) is 4.90 Å². The predicted octanol–water partition coefficient (Wildman–Crippen LogP) is 2.89. The van der Waals surface area contributed by atoms with Gasteiger partial charge in [-0.05, 0) is 36.2 Å². The summed E-state index contributed by atoms with van der Waals surface area (Å²) in [5.74, 6) is 1.49. The SMILES string of the molecule is COc1ccccc1OCC(O)CN(Cc1cccc(Br)c1)C1CCS(=O)(=O)C1. The van der Waals surface area contributed by atoms with Crippen LogP contribution in [0.1, 0.15) is 12.0 Å². The molecule has 1 heterocycles. The number of aliphatic hydroxyl groups is 1. The van der Waals surface area contributed by atoms with Gasteiger partial charge in [-0.1, -0.05) is 40.2 Å². The van der Waals surface area contributed by atoms with Gasteiger partial charge in [0.25, 0.3) is 0 Å². The van der Waals surface area contributed by atoms with E-state index in [4.69, 9.17) is 9.47 Å². The van der Waals surface area contributed by atoms with E-state index < -0.39 is 15.9 Å². The Kier molecular flexibility index (Phi) is 7.56. The number of benzene rings is 2. The van der Waals surface area contributed by atoms with Crippen LogP contribution in [0.5, 0.6) is 11.5 Å². The first-order valence-electron chi connectivity index (χ1n) is 9.49. The van der Waals surface area contributed by atoms with Gasteiger partial charge in [0, 0.05) is 23.6 Å². The predicted molar refractivity (Wildman–Crippen MR) is 116 cm³/mol. The Morgan fingerprint density at radius 3 is 2.62 bits per heavy atom. The van der Waals surface area contributed by atoms with Gasteiger partial charge in [0.1, 0.15) is 12.7 Å². The molecular weight excluding hydrogens is 458 g/mol. The summed E-state index contributed by atoms with van der Waals surface area (Å²) in [4.78, 5) is 2.04. The van der Waals surface area contributed by atoms with Crippen LogP contribution in [0.2, 0.25) is 0 Å². The highest BCUT2D eigenvalue weighted by Gasteiger charge is 2.33. The van der Waals surface area contributed by atoms with Crippen LogP contribution in [0.4, 0.5) is 0 Å². The lowest BCUT2D eigenvalue weighted by Gasteiger charge is -2.30. The Balaban J connectivity index is 1.67. The molecule has 8 heteroatoms. The molecule has 0 radical (unpaired) electrons. The molecule has 1 aliphatic heterocycles. The van der Waals surface area contributed by atoms with E-state index in [-0.39, 0.29) is 24.2 Å². The molecule has 0 bridgehead atoms. The maximum Gasteiger partial charge on any atom is 0.161 e. The first-order chi connectivity index (χ1) is 13.9. The van der Waals surface area contributed by atoms with Crippen LogP contribution in [0.15, 0.2) is 53.0 Å². The van der Waals surface area contributed by atoms with Gasteiger partial charge in [-0.25, -0.2) is 8.42 Å². The highest BCUT2D eigenvalue weighted by atomic mass is 79.9. The summed E-state index contributed by atoms with van der Waals surface area (Å²) >= 11 is 3.47. The number of sulfone groups is 1. The zero-order valence-electron chi connectivity index (χ0n) is 16.3. The minimum atomic E-state index is -3.02. The van der Waals surface area contributed by atoms with Crippen molar-refractivity contribution in [3.8, 4) is 11.5 Å². The van der Waals surface area contributed by atoms with Gasteiger partial charge in [0.15, 0.2) is 21.3 Å². The summed E-state index contributed by atoms with van der Waals surface area (Å²) in [7, 11) is -1.45. The van der Waals surface area contributed by atoms with E-state index in [9.17, 15) is 13.5 Å². The minimum Gasteiger partial charge on any atom is -0.493 e. The molecule has 2 aromatic rings. The summed E-state index contributed by atoms with van der Waals surface area (Å²) in [6, 6.07) is 15.1. The summed E-state index contributed by atoms with van der Waals surface area (Å²) in [5.41, 5.74) is 1.06. The molecule has 0 saturated carbocycles. The number of aliphatic hydroxyl groups excluding tert-OH is 1. The van der Waals surface area contributed by atoms with Gasteiger partial charge in [0.05, 0.1) is 18.6 Å². The van der Waals surface area contributed by atoms with Crippen molar-refractivity contribution in [2.75, 3.05) is 31.8 Å². The summed E-state index contributed by atoms with van der Waals surface area (Å²) in [5, 5.41) is 10.6. The molecule has 1 N–H and O–H groups in total. The first-order valence-corrected chi connectivity index (χ1v) is 12.1. The third kappa shape index (κ3) is 6.44. The second-order valence-electron chi connectivity index (χ2n) is 7.23. The molecule has 1 saturated heterocycles. The number of methoxy groups -OCH3 is 1. The van der Waals surface area contributed by atoms with Crippen LogP contribution in [-0.2, 0) is 16.4 Å². The second kappa shape index (κ2) is 9.93. The number of hydrogen-bond donors (Lipinski definition) is 1. The van der Waals surface area contributed by atoms with Crippen molar-refractivity contribution in [3.05, 3.63) is 58.6 Å². The van der Waals surface area contributed by atoms with Crippen LogP contribution in [0.3, 0.4) is 0 Å². The highest BCUT2D eigenvalue weighted by Crippen LogP contribution is 2.26. The van der Waals surface area contributed by atoms with Gasteiger partial charge < -0.3 is 14.6 Å². The molecule has 0 aromatic heterocycles. The molecule has 3 rings (SSSR count). The Bertz CT molecular complexity index is 921. The molecule has 1 aliphatic rings. The zero-order chi connectivity index (χ0) is 20.9. The van der Waals surface area contributed by atoms with Crippen LogP contribution < -0.4 is 9.47 Å². The number of halogens is 1. The number of para-hydroxylation sites is 2. The standard InChI is InChI=1S/C21H26BrNO5S/c1-27-20-7-2-3-8-21(20)28-14-19(24)13-23(18-9-10-29(25,26)15-18)12-16-5-4-6-17(22)11-16/h2-8,11,18-19,24H,9-10,12-15H2,1H3. The molecule has 2 unspecified atom stereocenters. The molecule has 0 amide bonds. The fourth-order valence-electron chi connectivity index (χ4n) is 3.52. The quantitative estimate of drug-likeness (QED) is 0.590. The van der Waals surface area contributed by atoms with E-state index >= 15 is 0 Å². The molecule has 1 fully saturated rings. The monoisotopic (exact) mass is 483 g/mol. The Labute approximate surface area is 180 Å². The molecule has 2 aromatic carbocycles. The van der Waals surface area contributed by atoms with E-state index in [0.29, 0.717) is 31.0 Å². The number of hydrogen-bond acceptors (Lipinski definition) is 6. The van der Waals surface area contributed by atoms with Crippen molar-refractivity contribution in [1.82, 2.24) is 4.90 Å². The second-order valence-corrected chi connectivity index (χ2v) is 10.4. The van der Waals surface area contributed by atoms with Crippen molar-refractivity contribution in [2.24, 2.45) is 0 Å². The van der Waals surface area contributed by atoms with Crippen molar-refractivity contribution in [1.29, 1.82) is 0 Å². The average molecular weight is 484 g/mol. The smallest absolute Gasteiger partial charge is 0.161 e. The Morgan fingerprint density at radius 2 is 1.97 bits per heavy atom. The van der Waals surface area contributed by atoms with Gasteiger partial charge in [-0.2, -0.15) is 0 Å². The number of ether oxygens (including phenoxy) is 2. The third-order valence-electron chi connectivity index (χ3n) is 4.95. The molecule has 29 heavy (non-hydrogen) atoms. The lowest BCUT2D eigenvalue weighted by atomic mass is 10.1. The van der Waals surface area contributed by atoms with E-state index in [1.165, 1.54) is 0 Å². The molecule has 2 atom stereocenters. The van der Waals surface area contributed by atoms with Crippen LogP contribution in [0, 0.1) is 0 Å². The minimum absolute atomic E-state index is 0.0921. The van der Waals surface area contributed by atoms with Gasteiger partial charge in [0.2, 0.25) is 0 Å². The molecule has 0 aliphatic carbocycles. The van der Waals surface area contributed by atoms with Crippen LogP contribution in [-0.4, -0.2) is 62.3 Å². The van der Waals surface area contributed by atoms with E-state index in [1.54, 1.807) is 19.2 Å². The van der Waals surface area contributed by atoms with E-state index in [0.717, 1.165) is 10.0 Å². The van der Waals surface area contributed by atoms with Crippen molar-refractivity contribution in [3.63, 3.8) is 0 Å². The largest absolute Gasteiger partial charge is 0.493 e. The summed E-state index contributed by atoms with van der Waals surface area (Å²) in [6.07, 6.45) is -0.188. The van der Waals surface area contributed by atoms with Gasteiger partial charge >= 0.3 is 0 Å². The fourth-order valence-corrected chi connectivity index (χ4v) is 5.73. The average Bonchev–Trinajstić information content (AvgIpc) is 3.06. The number of rotatable bonds is 9. The maximum absolute atomic E-state index is 12.0. The van der Waals surface area contributed by atoms with E-state index in [1.807, 2.05) is 41.3 Å². The topological polar surface area (TPSA) is 76.1 Å². The van der Waals surface area contributed by atoms with Crippen molar-refractivity contribution >= 4 is 25.8 Å². The molecular formula is C21H26BrNO5S. The Morgan fingerprint density at radius 1 is 1.21 bits per heavy atom. The first kappa shape index (κ1) is 22.1. The van der Waals surface area contributed by atoms with Crippen molar-refractivity contribution < 1.29 is 23.0 Å². The van der Waals surface area contributed by atoms with Crippen molar-refractivity contribution in [2.45, 2.75) is 25.1 Å². The lowest BCUT2D eigenvalue weighted by molar-refractivity contribution is 0.0517. The maximum atomic E-state index is 12.0.